The van der Waals surface area contributed by atoms with Crippen LogP contribution < -0.4 is 0 Å². The molecule has 2 aromatic carbocycles. The van der Waals surface area contributed by atoms with Crippen LogP contribution in [0.4, 0.5) is 0 Å². The zero-order valence-corrected chi connectivity index (χ0v) is 12.7. The van der Waals surface area contributed by atoms with Crippen molar-refractivity contribution in [2.24, 2.45) is 9.98 Å². The van der Waals surface area contributed by atoms with Crippen molar-refractivity contribution in [3.05, 3.63) is 71.8 Å². The zero-order chi connectivity index (χ0) is 13.8. The van der Waals surface area contributed by atoms with Gasteiger partial charge < -0.3 is 4.90 Å². The van der Waals surface area contributed by atoms with Crippen molar-refractivity contribution in [1.82, 2.24) is 4.90 Å². The first-order valence-electron chi connectivity index (χ1n) is 6.76. The fraction of sp³-hybridized carbons (Fsp3) is 0.176. The first kappa shape index (κ1) is 15.3. The third kappa shape index (κ3) is 3.50. The Hall–Kier alpha value is -2.13. The first-order chi connectivity index (χ1) is 9.84. The quantitative estimate of drug-likeness (QED) is 0.851. The number of hydrogen-bond donors (Lipinski definition) is 0. The largest absolute Gasteiger partial charge is 0.339 e. The van der Waals surface area contributed by atoms with Crippen molar-refractivity contribution in [3.63, 3.8) is 0 Å². The lowest BCUT2D eigenvalue weighted by atomic mass is 9.99. The van der Waals surface area contributed by atoms with Crippen LogP contribution in [0.3, 0.4) is 0 Å². The van der Waals surface area contributed by atoms with Crippen LogP contribution >= 0.6 is 12.4 Å². The molecule has 0 spiro atoms. The molecule has 108 valence electrons. The van der Waals surface area contributed by atoms with Crippen LogP contribution in [0.2, 0.25) is 0 Å². The van der Waals surface area contributed by atoms with E-state index < -0.39 is 0 Å². The first-order valence-corrected chi connectivity index (χ1v) is 6.76. The minimum Gasteiger partial charge on any atom is -0.339 e. The van der Waals surface area contributed by atoms with E-state index in [1.165, 1.54) is 11.1 Å². The van der Waals surface area contributed by atoms with E-state index in [-0.39, 0.29) is 18.4 Å². The van der Waals surface area contributed by atoms with Crippen LogP contribution in [0.1, 0.15) is 17.2 Å². The molecule has 0 unspecified atom stereocenters. The van der Waals surface area contributed by atoms with Gasteiger partial charge in [0.25, 0.3) is 0 Å². The standard InChI is InChI=1S/C17H17N3.ClH/c1-20-13-12-18-17(20)19-16(14-8-4-2-5-9-14)15-10-6-3-7-11-15;/h2-12,16H,13H2,1H3;1H. The molecule has 0 fully saturated rings. The molecule has 3 nitrogen and oxygen atoms in total. The summed E-state index contributed by atoms with van der Waals surface area (Å²) in [6.07, 6.45) is 1.89. The number of hydrogen-bond acceptors (Lipinski definition) is 1. The predicted molar refractivity (Wildman–Crippen MR) is 90.5 cm³/mol. The second-order valence-electron chi connectivity index (χ2n) is 4.85. The SMILES string of the molecule is CN1CC=NC1=NC(c1ccccc1)c1ccccc1.Cl. The maximum Gasteiger partial charge on any atom is 0.221 e. The highest BCUT2D eigenvalue weighted by Crippen LogP contribution is 2.26. The number of benzene rings is 2. The molecule has 0 radical (unpaired) electrons. The van der Waals surface area contributed by atoms with Gasteiger partial charge in [-0.25, -0.2) is 9.98 Å². The zero-order valence-electron chi connectivity index (χ0n) is 11.9. The number of halogens is 1. The monoisotopic (exact) mass is 299 g/mol. The lowest BCUT2D eigenvalue weighted by molar-refractivity contribution is 0.587. The van der Waals surface area contributed by atoms with E-state index in [1.807, 2.05) is 49.7 Å². The van der Waals surface area contributed by atoms with Gasteiger partial charge in [-0.05, 0) is 11.1 Å². The van der Waals surface area contributed by atoms with Crippen LogP contribution in [-0.4, -0.2) is 30.7 Å². The normalized spacial score (nSPS) is 15.5. The Morgan fingerprint density at radius 1 is 0.952 bits per heavy atom. The van der Waals surface area contributed by atoms with Crippen LogP contribution in [0.25, 0.3) is 0 Å². The summed E-state index contributed by atoms with van der Waals surface area (Å²) in [6, 6.07) is 20.7. The van der Waals surface area contributed by atoms with Gasteiger partial charge in [-0.15, -0.1) is 12.4 Å². The second kappa shape index (κ2) is 7.04. The van der Waals surface area contributed by atoms with Gasteiger partial charge in [0.05, 0.1) is 6.54 Å². The Morgan fingerprint density at radius 3 is 1.90 bits per heavy atom. The number of nitrogens with zero attached hydrogens (tertiary/aromatic N) is 3. The smallest absolute Gasteiger partial charge is 0.221 e. The van der Waals surface area contributed by atoms with E-state index >= 15 is 0 Å². The van der Waals surface area contributed by atoms with Gasteiger partial charge in [0.15, 0.2) is 0 Å². The average Bonchev–Trinajstić information content (AvgIpc) is 2.92. The summed E-state index contributed by atoms with van der Waals surface area (Å²) in [7, 11) is 2.01. The fourth-order valence-corrected chi connectivity index (χ4v) is 2.28. The molecule has 21 heavy (non-hydrogen) atoms. The molecular formula is C17H18ClN3. The summed E-state index contributed by atoms with van der Waals surface area (Å²) < 4.78 is 0. The fourth-order valence-electron chi connectivity index (χ4n) is 2.28. The summed E-state index contributed by atoms with van der Waals surface area (Å²) in [5.41, 5.74) is 2.36. The van der Waals surface area contributed by atoms with Gasteiger partial charge in [-0.2, -0.15) is 0 Å². The van der Waals surface area contributed by atoms with Gasteiger partial charge in [-0.3, -0.25) is 0 Å². The van der Waals surface area contributed by atoms with Crippen molar-refractivity contribution in [1.29, 1.82) is 0 Å². The third-order valence-corrected chi connectivity index (χ3v) is 3.38. The van der Waals surface area contributed by atoms with Crippen molar-refractivity contribution in [2.75, 3.05) is 13.6 Å². The Kier molecular flexibility index (Phi) is 5.12. The van der Waals surface area contributed by atoms with Crippen molar-refractivity contribution >= 4 is 24.6 Å². The molecule has 1 heterocycles. The van der Waals surface area contributed by atoms with Crippen LogP contribution in [0.15, 0.2) is 70.6 Å². The molecule has 0 atom stereocenters. The van der Waals surface area contributed by atoms with Gasteiger partial charge in [0.2, 0.25) is 5.96 Å². The van der Waals surface area contributed by atoms with Gasteiger partial charge in [0, 0.05) is 13.3 Å². The molecule has 0 aliphatic carbocycles. The molecule has 0 bridgehead atoms. The lowest BCUT2D eigenvalue weighted by Crippen LogP contribution is -2.21. The molecule has 0 amide bonds. The molecule has 0 N–H and O–H groups in total. The molecule has 1 aliphatic rings. The number of aliphatic imine (C=N–C) groups is 2. The maximum absolute atomic E-state index is 4.84. The van der Waals surface area contributed by atoms with Crippen LogP contribution in [-0.2, 0) is 0 Å². The van der Waals surface area contributed by atoms with E-state index in [2.05, 4.69) is 34.2 Å². The number of rotatable bonds is 3. The third-order valence-electron chi connectivity index (χ3n) is 3.38. The Morgan fingerprint density at radius 2 is 1.48 bits per heavy atom. The highest BCUT2D eigenvalue weighted by molar-refractivity contribution is 5.94. The minimum atomic E-state index is -0.00917. The van der Waals surface area contributed by atoms with Gasteiger partial charge in [0.1, 0.15) is 6.04 Å². The summed E-state index contributed by atoms with van der Waals surface area (Å²) in [5.74, 6) is 0.794. The average molecular weight is 300 g/mol. The summed E-state index contributed by atoms with van der Waals surface area (Å²) >= 11 is 0. The molecule has 1 aliphatic heterocycles. The maximum atomic E-state index is 4.84. The predicted octanol–water partition coefficient (Wildman–Crippen LogP) is 3.57. The van der Waals surface area contributed by atoms with Crippen molar-refractivity contribution < 1.29 is 0 Å². The van der Waals surface area contributed by atoms with E-state index in [0.29, 0.717) is 0 Å². The highest BCUT2D eigenvalue weighted by Gasteiger charge is 2.16. The van der Waals surface area contributed by atoms with Gasteiger partial charge in [-0.1, -0.05) is 60.7 Å². The van der Waals surface area contributed by atoms with Crippen LogP contribution in [0.5, 0.6) is 0 Å². The topological polar surface area (TPSA) is 28.0 Å². The summed E-state index contributed by atoms with van der Waals surface area (Å²) in [4.78, 5) is 11.3. The molecule has 3 rings (SSSR count). The number of guanidine groups is 1. The van der Waals surface area contributed by atoms with E-state index in [1.54, 1.807) is 0 Å². The highest BCUT2D eigenvalue weighted by atomic mass is 35.5. The van der Waals surface area contributed by atoms with Crippen LogP contribution in [0, 0.1) is 0 Å². The second-order valence-corrected chi connectivity index (χ2v) is 4.85. The molecule has 0 saturated heterocycles. The van der Waals surface area contributed by atoms with E-state index in [9.17, 15) is 0 Å². The molecule has 0 aromatic heterocycles. The Balaban J connectivity index is 0.00000161. The Bertz CT molecular complexity index is 583. The van der Waals surface area contributed by atoms with Crippen molar-refractivity contribution in [3.8, 4) is 0 Å². The Labute approximate surface area is 131 Å². The van der Waals surface area contributed by atoms with Crippen molar-refractivity contribution in [2.45, 2.75) is 6.04 Å². The van der Waals surface area contributed by atoms with Gasteiger partial charge >= 0.3 is 0 Å². The summed E-state index contributed by atoms with van der Waals surface area (Å²) in [5, 5.41) is 0. The lowest BCUT2D eigenvalue weighted by Gasteiger charge is -2.17. The molecule has 2 aromatic rings. The molecule has 0 saturated carbocycles. The van der Waals surface area contributed by atoms with E-state index in [4.69, 9.17) is 4.99 Å². The molecular weight excluding hydrogens is 282 g/mol. The minimum absolute atomic E-state index is 0. The summed E-state index contributed by atoms with van der Waals surface area (Å²) in [6.45, 7) is 0.829. The van der Waals surface area contributed by atoms with E-state index in [0.717, 1.165) is 12.5 Å². The molecule has 4 heteroatoms.